The van der Waals surface area contributed by atoms with E-state index in [-0.39, 0.29) is 5.41 Å². The molecule has 0 fully saturated rings. The van der Waals surface area contributed by atoms with Crippen molar-refractivity contribution in [2.75, 3.05) is 13.7 Å². The molecule has 0 aliphatic heterocycles. The van der Waals surface area contributed by atoms with Crippen molar-refractivity contribution in [1.82, 2.24) is 9.55 Å². The molecule has 4 nitrogen and oxygen atoms in total. The van der Waals surface area contributed by atoms with E-state index in [2.05, 4.69) is 37.9 Å². The quantitative estimate of drug-likeness (QED) is 0.932. The molecule has 1 aromatic carbocycles. The van der Waals surface area contributed by atoms with Crippen molar-refractivity contribution in [3.8, 4) is 17.0 Å². The summed E-state index contributed by atoms with van der Waals surface area (Å²) in [7, 11) is 1.69. The summed E-state index contributed by atoms with van der Waals surface area (Å²) in [5, 5.41) is 0. The standard InChI is InChI=1S/C16H23N3O/c1-16(2,3)12-5-6-15(20-4)13(9-12)14-10-19(8-7-17)11-18-14/h5-6,9-11H,7-8,17H2,1-4H3. The van der Waals surface area contributed by atoms with E-state index in [0.29, 0.717) is 6.54 Å². The first kappa shape index (κ1) is 14.6. The van der Waals surface area contributed by atoms with Gasteiger partial charge in [0, 0.05) is 24.8 Å². The zero-order valence-corrected chi connectivity index (χ0v) is 12.7. The third-order valence-corrected chi connectivity index (χ3v) is 3.36. The average Bonchev–Trinajstić information content (AvgIpc) is 2.86. The van der Waals surface area contributed by atoms with Gasteiger partial charge in [0.15, 0.2) is 0 Å². The van der Waals surface area contributed by atoms with Gasteiger partial charge in [-0.1, -0.05) is 26.8 Å². The summed E-state index contributed by atoms with van der Waals surface area (Å²) in [6, 6.07) is 6.28. The fraction of sp³-hybridized carbons (Fsp3) is 0.438. The molecule has 4 heteroatoms. The van der Waals surface area contributed by atoms with Crippen LogP contribution in [0.25, 0.3) is 11.3 Å². The van der Waals surface area contributed by atoms with Crippen LogP contribution in [0.5, 0.6) is 5.75 Å². The molecule has 0 radical (unpaired) electrons. The normalized spacial score (nSPS) is 11.7. The number of hydrogen-bond donors (Lipinski definition) is 1. The van der Waals surface area contributed by atoms with Crippen LogP contribution < -0.4 is 10.5 Å². The third-order valence-electron chi connectivity index (χ3n) is 3.36. The van der Waals surface area contributed by atoms with Crippen molar-refractivity contribution in [2.24, 2.45) is 5.73 Å². The second-order valence-electron chi connectivity index (χ2n) is 5.95. The van der Waals surface area contributed by atoms with Crippen molar-refractivity contribution >= 4 is 0 Å². The van der Waals surface area contributed by atoms with Gasteiger partial charge < -0.3 is 15.0 Å². The predicted molar refractivity (Wildman–Crippen MR) is 82.0 cm³/mol. The molecule has 1 heterocycles. The van der Waals surface area contributed by atoms with Gasteiger partial charge in [0.05, 0.1) is 19.1 Å². The van der Waals surface area contributed by atoms with Crippen molar-refractivity contribution in [3.63, 3.8) is 0 Å². The number of rotatable bonds is 4. The van der Waals surface area contributed by atoms with E-state index >= 15 is 0 Å². The Morgan fingerprint density at radius 2 is 2.05 bits per heavy atom. The molecular formula is C16H23N3O. The Hall–Kier alpha value is -1.81. The van der Waals surface area contributed by atoms with Gasteiger partial charge in [0.2, 0.25) is 0 Å². The number of imidazole rings is 1. The van der Waals surface area contributed by atoms with Gasteiger partial charge in [-0.2, -0.15) is 0 Å². The van der Waals surface area contributed by atoms with Crippen molar-refractivity contribution < 1.29 is 4.74 Å². The summed E-state index contributed by atoms with van der Waals surface area (Å²) in [4.78, 5) is 4.46. The first-order valence-corrected chi connectivity index (χ1v) is 6.86. The molecule has 2 N–H and O–H groups in total. The molecule has 0 unspecified atom stereocenters. The predicted octanol–water partition coefficient (Wildman–Crippen LogP) is 2.81. The maximum Gasteiger partial charge on any atom is 0.128 e. The van der Waals surface area contributed by atoms with Crippen LogP contribution in [0, 0.1) is 0 Å². The average molecular weight is 273 g/mol. The van der Waals surface area contributed by atoms with Crippen molar-refractivity contribution in [3.05, 3.63) is 36.3 Å². The largest absolute Gasteiger partial charge is 0.496 e. The van der Waals surface area contributed by atoms with Crippen LogP contribution in [-0.4, -0.2) is 23.2 Å². The van der Waals surface area contributed by atoms with E-state index in [0.717, 1.165) is 23.6 Å². The Morgan fingerprint density at radius 3 is 2.65 bits per heavy atom. The van der Waals surface area contributed by atoms with E-state index in [1.54, 1.807) is 7.11 Å². The van der Waals surface area contributed by atoms with E-state index in [1.807, 2.05) is 23.2 Å². The van der Waals surface area contributed by atoms with E-state index in [9.17, 15) is 0 Å². The molecule has 0 bridgehead atoms. The monoisotopic (exact) mass is 273 g/mol. The van der Waals surface area contributed by atoms with Crippen LogP contribution in [-0.2, 0) is 12.0 Å². The highest BCUT2D eigenvalue weighted by Crippen LogP contribution is 2.33. The third kappa shape index (κ3) is 3.02. The Balaban J connectivity index is 2.46. The second kappa shape index (κ2) is 5.67. The lowest BCUT2D eigenvalue weighted by molar-refractivity contribution is 0.415. The number of benzene rings is 1. The van der Waals surface area contributed by atoms with Crippen LogP contribution in [0.15, 0.2) is 30.7 Å². The molecule has 0 aliphatic carbocycles. The Bertz CT molecular complexity index is 582. The van der Waals surface area contributed by atoms with E-state index < -0.39 is 0 Å². The van der Waals surface area contributed by atoms with Crippen LogP contribution >= 0.6 is 0 Å². The number of hydrogen-bond acceptors (Lipinski definition) is 3. The van der Waals surface area contributed by atoms with Crippen LogP contribution in [0.1, 0.15) is 26.3 Å². The number of ether oxygens (including phenoxy) is 1. The number of aromatic nitrogens is 2. The van der Waals surface area contributed by atoms with Gasteiger partial charge in [0.1, 0.15) is 5.75 Å². The lowest BCUT2D eigenvalue weighted by atomic mass is 9.86. The van der Waals surface area contributed by atoms with Gasteiger partial charge in [-0.3, -0.25) is 0 Å². The Labute approximate surface area is 120 Å². The number of nitrogens with two attached hydrogens (primary N) is 1. The highest BCUT2D eigenvalue weighted by Gasteiger charge is 2.17. The minimum atomic E-state index is 0.0981. The summed E-state index contributed by atoms with van der Waals surface area (Å²) < 4.78 is 7.46. The summed E-state index contributed by atoms with van der Waals surface area (Å²) in [5.41, 5.74) is 8.88. The number of nitrogens with zero attached hydrogens (tertiary/aromatic N) is 2. The molecule has 108 valence electrons. The summed E-state index contributed by atoms with van der Waals surface area (Å²) >= 11 is 0. The maximum absolute atomic E-state index is 5.57. The van der Waals surface area contributed by atoms with E-state index in [4.69, 9.17) is 10.5 Å². The van der Waals surface area contributed by atoms with Crippen molar-refractivity contribution in [2.45, 2.75) is 32.7 Å². The summed E-state index contributed by atoms with van der Waals surface area (Å²) in [6.07, 6.45) is 3.82. The van der Waals surface area contributed by atoms with Gasteiger partial charge >= 0.3 is 0 Å². The minimum Gasteiger partial charge on any atom is -0.496 e. The van der Waals surface area contributed by atoms with Crippen LogP contribution in [0.3, 0.4) is 0 Å². The van der Waals surface area contributed by atoms with Crippen LogP contribution in [0.2, 0.25) is 0 Å². The minimum absolute atomic E-state index is 0.0981. The second-order valence-corrected chi connectivity index (χ2v) is 5.95. The van der Waals surface area contributed by atoms with Crippen molar-refractivity contribution in [1.29, 1.82) is 0 Å². The molecule has 2 aromatic rings. The topological polar surface area (TPSA) is 53.1 Å². The highest BCUT2D eigenvalue weighted by molar-refractivity contribution is 5.68. The molecule has 0 amide bonds. The highest BCUT2D eigenvalue weighted by atomic mass is 16.5. The smallest absolute Gasteiger partial charge is 0.128 e. The molecule has 0 spiro atoms. The maximum atomic E-state index is 5.57. The SMILES string of the molecule is COc1ccc(C(C)(C)C)cc1-c1cn(CCN)cn1. The first-order valence-electron chi connectivity index (χ1n) is 6.86. The van der Waals surface area contributed by atoms with Gasteiger partial charge in [-0.25, -0.2) is 4.98 Å². The molecule has 2 rings (SSSR count). The molecular weight excluding hydrogens is 250 g/mol. The Kier molecular flexibility index (Phi) is 4.14. The molecule has 1 aromatic heterocycles. The van der Waals surface area contributed by atoms with E-state index in [1.165, 1.54) is 5.56 Å². The lowest BCUT2D eigenvalue weighted by Gasteiger charge is -2.20. The Morgan fingerprint density at radius 1 is 1.30 bits per heavy atom. The summed E-state index contributed by atoms with van der Waals surface area (Å²) in [5.74, 6) is 0.844. The fourth-order valence-electron chi connectivity index (χ4n) is 2.15. The molecule has 0 atom stereocenters. The van der Waals surface area contributed by atoms with Gasteiger partial charge in [0.25, 0.3) is 0 Å². The first-order chi connectivity index (χ1) is 9.45. The molecule has 0 aliphatic rings. The number of methoxy groups -OCH3 is 1. The fourth-order valence-corrected chi connectivity index (χ4v) is 2.15. The zero-order chi connectivity index (χ0) is 14.8. The summed E-state index contributed by atoms with van der Waals surface area (Å²) in [6.45, 7) is 7.98. The van der Waals surface area contributed by atoms with Crippen LogP contribution in [0.4, 0.5) is 0 Å². The molecule has 0 saturated heterocycles. The zero-order valence-electron chi connectivity index (χ0n) is 12.7. The molecule has 20 heavy (non-hydrogen) atoms. The van der Waals surface area contributed by atoms with Gasteiger partial charge in [-0.15, -0.1) is 0 Å². The van der Waals surface area contributed by atoms with Gasteiger partial charge in [-0.05, 0) is 23.1 Å². The molecule has 0 saturated carbocycles. The lowest BCUT2D eigenvalue weighted by Crippen LogP contribution is -2.11.